The molecule has 1 aliphatic carbocycles. The van der Waals surface area contributed by atoms with E-state index in [1.54, 1.807) is 11.8 Å². The first kappa shape index (κ1) is 27.1. The average Bonchev–Trinajstić information content (AvgIpc) is 2.88. The number of nitrogens with zero attached hydrogens (tertiary/aromatic N) is 1. The van der Waals surface area contributed by atoms with Gasteiger partial charge in [-0.1, -0.05) is 51.4 Å². The zero-order valence-electron chi connectivity index (χ0n) is 20.6. The van der Waals surface area contributed by atoms with Crippen molar-refractivity contribution in [1.29, 1.82) is 0 Å². The number of hydrogen-bond donors (Lipinski definition) is 3. The lowest BCUT2D eigenvalue weighted by molar-refractivity contribution is -0.137. The van der Waals surface area contributed by atoms with Crippen LogP contribution in [-0.4, -0.2) is 60.7 Å². The van der Waals surface area contributed by atoms with Crippen molar-refractivity contribution in [2.24, 2.45) is 5.92 Å². The second-order valence-electron chi connectivity index (χ2n) is 9.67. The summed E-state index contributed by atoms with van der Waals surface area (Å²) in [7, 11) is 1.51. The summed E-state index contributed by atoms with van der Waals surface area (Å²) >= 11 is 0. The summed E-state index contributed by atoms with van der Waals surface area (Å²) in [5.74, 6) is -0.542. The van der Waals surface area contributed by atoms with Crippen molar-refractivity contribution in [2.75, 3.05) is 20.1 Å². The van der Waals surface area contributed by atoms with E-state index in [0.29, 0.717) is 25.9 Å². The van der Waals surface area contributed by atoms with Gasteiger partial charge in [0.25, 0.3) is 0 Å². The molecule has 1 saturated heterocycles. The smallest absolute Gasteiger partial charge is 0.242 e. The Morgan fingerprint density at radius 2 is 1.36 bits per heavy atom. The van der Waals surface area contributed by atoms with Crippen LogP contribution in [-0.2, 0) is 19.2 Å². The first-order valence-electron chi connectivity index (χ1n) is 13.0. The Morgan fingerprint density at radius 1 is 0.818 bits per heavy atom. The molecule has 0 aromatic heterocycles. The number of piperidine rings is 1. The predicted molar refractivity (Wildman–Crippen MR) is 128 cm³/mol. The van der Waals surface area contributed by atoms with Gasteiger partial charge in [0.15, 0.2) is 0 Å². The Morgan fingerprint density at radius 3 is 1.91 bits per heavy atom. The molecule has 8 heteroatoms. The minimum absolute atomic E-state index is 0.0380. The van der Waals surface area contributed by atoms with Gasteiger partial charge in [-0.3, -0.25) is 19.2 Å². The predicted octanol–water partition coefficient (Wildman–Crippen LogP) is 2.66. The van der Waals surface area contributed by atoms with Gasteiger partial charge >= 0.3 is 0 Å². The number of carbonyl (C=O) groups is 4. The fourth-order valence-corrected chi connectivity index (χ4v) is 4.82. The number of carbonyl (C=O) groups excluding carboxylic acids is 4. The highest BCUT2D eigenvalue weighted by Crippen LogP contribution is 2.21. The number of hydrogen-bond acceptors (Lipinski definition) is 4. The standard InChI is InChI=1S/C25H44N4O4/c1-19(24(32)26-2)27-22(30)13-14-23(31)29-17-15-20(16-18-29)25(33)28-21-11-9-7-5-3-4-6-8-10-12-21/h19-21H,3-18H2,1-2H3,(H,26,32)(H,27,30)(H,28,33)/t19-/m0/s1. The molecule has 1 saturated carbocycles. The SMILES string of the molecule is CNC(=O)[C@H](C)NC(=O)CCC(=O)N1CCC(C(=O)NC2CCCCCCCCCC2)CC1. The fraction of sp³-hybridized carbons (Fsp3) is 0.840. The lowest BCUT2D eigenvalue weighted by Crippen LogP contribution is -2.46. The van der Waals surface area contributed by atoms with Gasteiger partial charge in [-0.25, -0.2) is 0 Å². The van der Waals surface area contributed by atoms with Crippen molar-refractivity contribution in [1.82, 2.24) is 20.9 Å². The van der Waals surface area contributed by atoms with Crippen LogP contribution < -0.4 is 16.0 Å². The van der Waals surface area contributed by atoms with Crippen LogP contribution in [0.5, 0.6) is 0 Å². The molecule has 2 rings (SSSR count). The molecule has 2 aliphatic rings. The van der Waals surface area contributed by atoms with E-state index in [2.05, 4.69) is 16.0 Å². The van der Waals surface area contributed by atoms with Crippen molar-refractivity contribution >= 4 is 23.6 Å². The highest BCUT2D eigenvalue weighted by Gasteiger charge is 2.28. The van der Waals surface area contributed by atoms with Crippen LogP contribution in [0.1, 0.15) is 96.8 Å². The zero-order chi connectivity index (χ0) is 24.1. The molecule has 188 valence electrons. The second kappa shape index (κ2) is 14.9. The first-order chi connectivity index (χ1) is 15.9. The van der Waals surface area contributed by atoms with Crippen LogP contribution in [0.4, 0.5) is 0 Å². The van der Waals surface area contributed by atoms with Crippen molar-refractivity contribution < 1.29 is 19.2 Å². The lowest BCUT2D eigenvalue weighted by Gasteiger charge is -2.32. The molecule has 0 unspecified atom stereocenters. The quantitative estimate of drug-likeness (QED) is 0.538. The maximum Gasteiger partial charge on any atom is 0.242 e. The Labute approximate surface area is 199 Å². The van der Waals surface area contributed by atoms with Gasteiger partial charge in [-0.15, -0.1) is 0 Å². The molecule has 0 aromatic rings. The van der Waals surface area contributed by atoms with E-state index >= 15 is 0 Å². The van der Waals surface area contributed by atoms with Gasteiger partial charge in [-0.05, 0) is 32.6 Å². The van der Waals surface area contributed by atoms with E-state index in [1.165, 1.54) is 58.4 Å². The third kappa shape index (κ3) is 10.1. The van der Waals surface area contributed by atoms with Crippen molar-refractivity contribution in [3.05, 3.63) is 0 Å². The molecule has 0 spiro atoms. The number of rotatable bonds is 7. The summed E-state index contributed by atoms with van der Waals surface area (Å²) in [5, 5.41) is 8.38. The van der Waals surface area contributed by atoms with Crippen LogP contribution in [0, 0.1) is 5.92 Å². The van der Waals surface area contributed by atoms with E-state index in [1.807, 2.05) is 0 Å². The van der Waals surface area contributed by atoms with Gasteiger partial charge in [0, 0.05) is 44.9 Å². The van der Waals surface area contributed by atoms with Crippen LogP contribution >= 0.6 is 0 Å². The number of likely N-dealkylation sites (tertiary alicyclic amines) is 1. The largest absolute Gasteiger partial charge is 0.357 e. The summed E-state index contributed by atoms with van der Waals surface area (Å²) in [6.07, 6.45) is 13.9. The molecule has 33 heavy (non-hydrogen) atoms. The molecule has 4 amide bonds. The molecule has 8 nitrogen and oxygen atoms in total. The molecule has 0 aromatic carbocycles. The van der Waals surface area contributed by atoms with Crippen molar-refractivity contribution in [2.45, 2.75) is 109 Å². The van der Waals surface area contributed by atoms with Gasteiger partial charge in [-0.2, -0.15) is 0 Å². The highest BCUT2D eigenvalue weighted by atomic mass is 16.2. The third-order valence-electron chi connectivity index (χ3n) is 7.00. The maximum absolute atomic E-state index is 12.9. The van der Waals surface area contributed by atoms with Crippen molar-refractivity contribution in [3.8, 4) is 0 Å². The molecule has 1 atom stereocenters. The molecule has 2 fully saturated rings. The topological polar surface area (TPSA) is 108 Å². The van der Waals surface area contributed by atoms with Crippen LogP contribution in [0.2, 0.25) is 0 Å². The molecule has 3 N–H and O–H groups in total. The summed E-state index contributed by atoms with van der Waals surface area (Å²) in [5.41, 5.74) is 0. The minimum Gasteiger partial charge on any atom is -0.357 e. The van der Waals surface area contributed by atoms with Gasteiger partial charge in [0.1, 0.15) is 6.04 Å². The zero-order valence-corrected chi connectivity index (χ0v) is 20.6. The van der Waals surface area contributed by atoms with E-state index < -0.39 is 6.04 Å². The molecular weight excluding hydrogens is 420 g/mol. The van der Waals surface area contributed by atoms with E-state index in [0.717, 1.165) is 12.8 Å². The maximum atomic E-state index is 12.9. The van der Waals surface area contributed by atoms with E-state index in [-0.39, 0.29) is 48.4 Å². The molecule has 0 radical (unpaired) electrons. The van der Waals surface area contributed by atoms with Gasteiger partial charge < -0.3 is 20.9 Å². The van der Waals surface area contributed by atoms with Gasteiger partial charge in [0.05, 0.1) is 0 Å². The monoisotopic (exact) mass is 464 g/mol. The van der Waals surface area contributed by atoms with Crippen LogP contribution in [0.3, 0.4) is 0 Å². The summed E-state index contributed by atoms with van der Waals surface area (Å²) < 4.78 is 0. The summed E-state index contributed by atoms with van der Waals surface area (Å²) in [6, 6.07) is -0.339. The molecular formula is C25H44N4O4. The average molecular weight is 465 g/mol. The number of likely N-dealkylation sites (N-methyl/N-ethyl adjacent to an activating group) is 1. The fourth-order valence-electron chi connectivity index (χ4n) is 4.82. The second-order valence-corrected chi connectivity index (χ2v) is 9.67. The highest BCUT2D eigenvalue weighted by molar-refractivity contribution is 5.89. The van der Waals surface area contributed by atoms with Crippen molar-refractivity contribution in [3.63, 3.8) is 0 Å². The molecule has 0 bridgehead atoms. The Hall–Kier alpha value is -2.12. The third-order valence-corrected chi connectivity index (χ3v) is 7.00. The summed E-state index contributed by atoms with van der Waals surface area (Å²) in [4.78, 5) is 50.6. The van der Waals surface area contributed by atoms with Crippen LogP contribution in [0.15, 0.2) is 0 Å². The Kier molecular flexibility index (Phi) is 12.3. The molecule has 1 aliphatic heterocycles. The number of amides is 4. The number of nitrogens with one attached hydrogen (secondary N) is 3. The Bertz CT molecular complexity index is 634. The van der Waals surface area contributed by atoms with E-state index in [9.17, 15) is 19.2 Å². The molecule has 1 heterocycles. The lowest BCUT2D eigenvalue weighted by atomic mass is 9.94. The summed E-state index contributed by atoms with van der Waals surface area (Å²) in [6.45, 7) is 2.71. The van der Waals surface area contributed by atoms with Crippen LogP contribution in [0.25, 0.3) is 0 Å². The first-order valence-corrected chi connectivity index (χ1v) is 13.0. The van der Waals surface area contributed by atoms with E-state index in [4.69, 9.17) is 0 Å². The minimum atomic E-state index is -0.622. The Balaban J connectivity index is 1.69. The normalized spacial score (nSPS) is 20.2. The van der Waals surface area contributed by atoms with Gasteiger partial charge in [0.2, 0.25) is 23.6 Å².